The molecule has 0 aliphatic carbocycles. The van der Waals surface area contributed by atoms with Crippen LogP contribution in [0.3, 0.4) is 0 Å². The minimum atomic E-state index is -0.367. The van der Waals surface area contributed by atoms with Crippen LogP contribution in [0.4, 0.5) is 0 Å². The predicted molar refractivity (Wildman–Crippen MR) is 83.8 cm³/mol. The topological polar surface area (TPSA) is 43.4 Å². The summed E-state index contributed by atoms with van der Waals surface area (Å²) >= 11 is 0. The van der Waals surface area contributed by atoms with Gasteiger partial charge in [-0.1, -0.05) is 49.4 Å². The molecule has 0 fully saturated rings. The van der Waals surface area contributed by atoms with Gasteiger partial charge >= 0.3 is 5.97 Å². The van der Waals surface area contributed by atoms with Gasteiger partial charge in [0, 0.05) is 5.92 Å². The Balaban J connectivity index is 2.08. The molecular formula is C18H18O3. The molecule has 2 aromatic rings. The van der Waals surface area contributed by atoms with Crippen LogP contribution in [-0.4, -0.2) is 18.9 Å². The molecule has 0 heterocycles. The minimum absolute atomic E-state index is 0.0754. The third kappa shape index (κ3) is 4.02. The Bertz CT molecular complexity index is 686. The zero-order valence-electron chi connectivity index (χ0n) is 12.2. The van der Waals surface area contributed by atoms with Crippen molar-refractivity contribution in [2.24, 2.45) is 5.92 Å². The van der Waals surface area contributed by atoms with Crippen molar-refractivity contribution in [3.63, 3.8) is 0 Å². The van der Waals surface area contributed by atoms with Crippen LogP contribution in [0.25, 0.3) is 16.8 Å². The van der Waals surface area contributed by atoms with Crippen LogP contribution in [0.15, 0.2) is 48.5 Å². The van der Waals surface area contributed by atoms with Gasteiger partial charge in [-0.25, -0.2) is 0 Å². The molecule has 2 rings (SSSR count). The van der Waals surface area contributed by atoms with E-state index in [9.17, 15) is 9.59 Å². The Labute approximate surface area is 124 Å². The number of hydrogen-bond donors (Lipinski definition) is 0. The minimum Gasteiger partial charge on any atom is -0.469 e. The van der Waals surface area contributed by atoms with Crippen LogP contribution in [-0.2, 0) is 14.3 Å². The summed E-state index contributed by atoms with van der Waals surface area (Å²) in [4.78, 5) is 23.1. The van der Waals surface area contributed by atoms with Gasteiger partial charge in [-0.3, -0.25) is 9.59 Å². The molecule has 0 aliphatic rings. The maximum absolute atomic E-state index is 11.9. The van der Waals surface area contributed by atoms with Crippen molar-refractivity contribution in [1.29, 1.82) is 0 Å². The second-order valence-corrected chi connectivity index (χ2v) is 5.02. The maximum atomic E-state index is 11.9. The Kier molecular flexibility index (Phi) is 4.88. The summed E-state index contributed by atoms with van der Waals surface area (Å²) in [5.41, 5.74) is 0.965. The quantitative estimate of drug-likeness (QED) is 0.621. The number of carbonyl (C=O) groups is 2. The van der Waals surface area contributed by atoms with Gasteiger partial charge in [0.05, 0.1) is 13.5 Å². The highest BCUT2D eigenvalue weighted by molar-refractivity contribution is 5.97. The monoisotopic (exact) mass is 282 g/mol. The Morgan fingerprint density at radius 2 is 1.86 bits per heavy atom. The van der Waals surface area contributed by atoms with Gasteiger partial charge in [0.15, 0.2) is 5.78 Å². The van der Waals surface area contributed by atoms with Gasteiger partial charge in [0.2, 0.25) is 0 Å². The molecule has 0 bridgehead atoms. The molecular weight excluding hydrogens is 264 g/mol. The fourth-order valence-electron chi connectivity index (χ4n) is 2.09. The number of fused-ring (bicyclic) bond motifs is 1. The molecule has 0 amide bonds. The molecule has 21 heavy (non-hydrogen) atoms. The molecule has 108 valence electrons. The van der Waals surface area contributed by atoms with E-state index in [1.165, 1.54) is 18.6 Å². The van der Waals surface area contributed by atoms with E-state index in [0.29, 0.717) is 0 Å². The summed E-state index contributed by atoms with van der Waals surface area (Å²) in [5, 5.41) is 2.30. The van der Waals surface area contributed by atoms with Crippen molar-refractivity contribution in [1.82, 2.24) is 0 Å². The lowest BCUT2D eigenvalue weighted by molar-refractivity contribution is -0.143. The molecule has 3 heteroatoms. The number of methoxy groups -OCH3 is 1. The van der Waals surface area contributed by atoms with Gasteiger partial charge in [-0.2, -0.15) is 0 Å². The number of ether oxygens (including phenoxy) is 1. The standard InChI is InChI=1S/C18H18O3/c1-13(11-18(20)21-2)17(19)10-8-14-7-9-15-5-3-4-6-16(15)12-14/h3-10,12-13H,11H2,1-2H3/b10-8+. The lowest BCUT2D eigenvalue weighted by atomic mass is 10.0. The number of allylic oxidation sites excluding steroid dienone is 1. The van der Waals surface area contributed by atoms with E-state index in [2.05, 4.69) is 4.74 Å². The van der Waals surface area contributed by atoms with Crippen molar-refractivity contribution in [3.8, 4) is 0 Å². The third-order valence-corrected chi connectivity index (χ3v) is 3.40. The van der Waals surface area contributed by atoms with Crippen LogP contribution in [0, 0.1) is 5.92 Å². The van der Waals surface area contributed by atoms with Crippen LogP contribution in [0.1, 0.15) is 18.9 Å². The molecule has 0 spiro atoms. The molecule has 3 nitrogen and oxygen atoms in total. The second kappa shape index (κ2) is 6.84. The average Bonchev–Trinajstić information content (AvgIpc) is 2.52. The highest BCUT2D eigenvalue weighted by Gasteiger charge is 2.14. The van der Waals surface area contributed by atoms with Crippen molar-refractivity contribution < 1.29 is 14.3 Å². The largest absolute Gasteiger partial charge is 0.469 e. The predicted octanol–water partition coefficient (Wildman–Crippen LogP) is 3.62. The number of benzene rings is 2. The summed E-state index contributed by atoms with van der Waals surface area (Å²) in [6.45, 7) is 1.73. The van der Waals surface area contributed by atoms with Crippen molar-refractivity contribution in [3.05, 3.63) is 54.1 Å². The van der Waals surface area contributed by atoms with Gasteiger partial charge in [0.25, 0.3) is 0 Å². The van der Waals surface area contributed by atoms with E-state index in [1.54, 1.807) is 13.0 Å². The van der Waals surface area contributed by atoms with Gasteiger partial charge in [-0.05, 0) is 28.5 Å². The van der Waals surface area contributed by atoms with Crippen LogP contribution < -0.4 is 0 Å². The zero-order chi connectivity index (χ0) is 15.2. The lowest BCUT2D eigenvalue weighted by Crippen LogP contribution is -2.14. The first-order chi connectivity index (χ1) is 10.1. The van der Waals surface area contributed by atoms with Gasteiger partial charge in [-0.15, -0.1) is 0 Å². The second-order valence-electron chi connectivity index (χ2n) is 5.02. The molecule has 1 unspecified atom stereocenters. The molecule has 1 atom stereocenters. The van der Waals surface area contributed by atoms with E-state index in [1.807, 2.05) is 42.5 Å². The fraction of sp³-hybridized carbons (Fsp3) is 0.222. The fourth-order valence-corrected chi connectivity index (χ4v) is 2.09. The zero-order valence-corrected chi connectivity index (χ0v) is 12.2. The molecule has 0 N–H and O–H groups in total. The molecule has 0 saturated heterocycles. The average molecular weight is 282 g/mol. The Hall–Kier alpha value is -2.42. The molecule has 0 radical (unpaired) electrons. The first-order valence-electron chi connectivity index (χ1n) is 6.87. The number of ketones is 1. The summed E-state index contributed by atoms with van der Waals surface area (Å²) < 4.78 is 4.57. The van der Waals surface area contributed by atoms with E-state index < -0.39 is 0 Å². The van der Waals surface area contributed by atoms with Crippen molar-refractivity contribution >= 4 is 28.6 Å². The van der Waals surface area contributed by atoms with E-state index in [4.69, 9.17) is 0 Å². The SMILES string of the molecule is COC(=O)CC(C)C(=O)/C=C/c1ccc2ccccc2c1. The normalized spacial score (nSPS) is 12.5. The first-order valence-corrected chi connectivity index (χ1v) is 6.87. The number of rotatable bonds is 5. The van der Waals surface area contributed by atoms with E-state index in [0.717, 1.165) is 10.9 Å². The van der Waals surface area contributed by atoms with Crippen LogP contribution in [0.5, 0.6) is 0 Å². The number of esters is 1. The summed E-state index contributed by atoms with van der Waals surface area (Å²) in [5.74, 6) is -0.808. The molecule has 0 aliphatic heterocycles. The molecule has 0 aromatic heterocycles. The Morgan fingerprint density at radius 3 is 2.57 bits per heavy atom. The van der Waals surface area contributed by atoms with Crippen molar-refractivity contribution in [2.75, 3.05) is 7.11 Å². The van der Waals surface area contributed by atoms with Crippen LogP contribution in [0.2, 0.25) is 0 Å². The summed E-state index contributed by atoms with van der Waals surface area (Å²) in [6, 6.07) is 14.1. The number of carbonyl (C=O) groups excluding carboxylic acids is 2. The third-order valence-electron chi connectivity index (χ3n) is 3.40. The summed E-state index contributed by atoms with van der Waals surface area (Å²) in [6.07, 6.45) is 3.41. The van der Waals surface area contributed by atoms with Crippen LogP contribution >= 0.6 is 0 Å². The van der Waals surface area contributed by atoms with E-state index >= 15 is 0 Å². The molecule has 2 aromatic carbocycles. The maximum Gasteiger partial charge on any atom is 0.306 e. The molecule has 0 saturated carbocycles. The highest BCUT2D eigenvalue weighted by atomic mass is 16.5. The van der Waals surface area contributed by atoms with Gasteiger partial charge in [0.1, 0.15) is 0 Å². The van der Waals surface area contributed by atoms with E-state index in [-0.39, 0.29) is 24.1 Å². The Morgan fingerprint density at radius 1 is 1.14 bits per heavy atom. The highest BCUT2D eigenvalue weighted by Crippen LogP contribution is 2.17. The van der Waals surface area contributed by atoms with Crippen molar-refractivity contribution in [2.45, 2.75) is 13.3 Å². The first kappa shape index (κ1) is 15.0. The lowest BCUT2D eigenvalue weighted by Gasteiger charge is -2.05. The van der Waals surface area contributed by atoms with Gasteiger partial charge < -0.3 is 4.74 Å². The number of hydrogen-bond acceptors (Lipinski definition) is 3. The smallest absolute Gasteiger partial charge is 0.306 e. The summed E-state index contributed by atoms with van der Waals surface area (Å²) in [7, 11) is 1.32.